The van der Waals surface area contributed by atoms with Crippen molar-refractivity contribution in [3.63, 3.8) is 0 Å². The molecule has 1 aromatic heterocycles. The van der Waals surface area contributed by atoms with Gasteiger partial charge in [0.2, 0.25) is 0 Å². The fourth-order valence-electron chi connectivity index (χ4n) is 2.24. The summed E-state index contributed by atoms with van der Waals surface area (Å²) in [7, 11) is 1.20. The van der Waals surface area contributed by atoms with Crippen LogP contribution in [0, 0.1) is 10.1 Å². The number of aromatic amines is 1. The lowest BCUT2D eigenvalue weighted by molar-refractivity contribution is -0.384. The summed E-state index contributed by atoms with van der Waals surface area (Å²) in [4.78, 5) is 40.8. The van der Waals surface area contributed by atoms with Crippen molar-refractivity contribution in [3.05, 3.63) is 55.1 Å². The van der Waals surface area contributed by atoms with Gasteiger partial charge >= 0.3 is 11.7 Å². The van der Waals surface area contributed by atoms with Crippen LogP contribution in [0.5, 0.6) is 0 Å². The molecule has 0 saturated heterocycles. The van der Waals surface area contributed by atoms with E-state index < -0.39 is 16.6 Å². The highest BCUT2D eigenvalue weighted by Crippen LogP contribution is 2.32. The first-order chi connectivity index (χ1) is 11.3. The molecule has 1 aromatic carbocycles. The third-order valence-corrected chi connectivity index (χ3v) is 3.66. The molecule has 0 aliphatic heterocycles. The van der Waals surface area contributed by atoms with Crippen molar-refractivity contribution >= 4 is 23.3 Å². The summed E-state index contributed by atoms with van der Waals surface area (Å²) < 4.78 is 4.77. The Hall–Kier alpha value is -2.74. The zero-order chi connectivity index (χ0) is 18.0. The number of hydrogen-bond donors (Lipinski definition) is 1. The summed E-state index contributed by atoms with van der Waals surface area (Å²) in [5.74, 6) is -0.897. The second-order valence-electron chi connectivity index (χ2n) is 5.25. The molecule has 24 heavy (non-hydrogen) atoms. The van der Waals surface area contributed by atoms with Crippen LogP contribution in [0.25, 0.3) is 11.3 Å². The molecule has 0 bridgehead atoms. The van der Waals surface area contributed by atoms with Crippen LogP contribution in [-0.4, -0.2) is 28.0 Å². The second kappa shape index (κ2) is 6.79. The molecule has 1 N–H and O–H groups in total. The van der Waals surface area contributed by atoms with Crippen LogP contribution in [-0.2, 0) is 4.74 Å². The average molecular weight is 352 g/mol. The van der Waals surface area contributed by atoms with Crippen molar-refractivity contribution < 1.29 is 14.5 Å². The van der Waals surface area contributed by atoms with Gasteiger partial charge in [0.05, 0.1) is 17.7 Å². The summed E-state index contributed by atoms with van der Waals surface area (Å²) >= 11 is 5.80. The Morgan fingerprint density at radius 3 is 2.62 bits per heavy atom. The maximum Gasteiger partial charge on any atom is 0.345 e. The van der Waals surface area contributed by atoms with Crippen molar-refractivity contribution in [1.29, 1.82) is 0 Å². The lowest BCUT2D eigenvalue weighted by Crippen LogP contribution is -2.21. The van der Waals surface area contributed by atoms with Gasteiger partial charge < -0.3 is 9.72 Å². The van der Waals surface area contributed by atoms with Crippen molar-refractivity contribution in [2.75, 3.05) is 7.11 Å². The van der Waals surface area contributed by atoms with Gasteiger partial charge in [-0.3, -0.25) is 10.1 Å². The van der Waals surface area contributed by atoms with E-state index in [0.717, 1.165) is 0 Å². The number of nitro groups is 1. The fraction of sp³-hybridized carbons (Fsp3) is 0.267. The molecule has 126 valence electrons. The van der Waals surface area contributed by atoms with E-state index >= 15 is 0 Å². The number of methoxy groups -OCH3 is 1. The second-order valence-corrected chi connectivity index (χ2v) is 5.66. The largest absolute Gasteiger partial charge is 0.465 e. The lowest BCUT2D eigenvalue weighted by Gasteiger charge is -2.14. The predicted molar refractivity (Wildman–Crippen MR) is 87.4 cm³/mol. The summed E-state index contributed by atoms with van der Waals surface area (Å²) in [6.45, 7) is 3.57. The predicted octanol–water partition coefficient (Wildman–Crippen LogP) is 2.91. The first-order valence-corrected chi connectivity index (χ1v) is 7.30. The monoisotopic (exact) mass is 351 g/mol. The van der Waals surface area contributed by atoms with Crippen LogP contribution in [0.15, 0.2) is 23.0 Å². The van der Waals surface area contributed by atoms with E-state index in [0.29, 0.717) is 5.69 Å². The Kier molecular flexibility index (Phi) is 4.99. The number of carbonyl (C=O) groups is 1. The third-order valence-electron chi connectivity index (χ3n) is 3.34. The molecular formula is C15H14ClN3O5. The first kappa shape index (κ1) is 17.6. The molecule has 1 heterocycles. The number of halogens is 1. The van der Waals surface area contributed by atoms with Gasteiger partial charge in [0.25, 0.3) is 5.69 Å². The summed E-state index contributed by atoms with van der Waals surface area (Å²) in [6.07, 6.45) is 0. The van der Waals surface area contributed by atoms with Crippen LogP contribution >= 0.6 is 11.6 Å². The number of ether oxygens (including phenoxy) is 1. The average Bonchev–Trinajstić information content (AvgIpc) is 2.53. The van der Waals surface area contributed by atoms with Gasteiger partial charge in [0.15, 0.2) is 0 Å². The van der Waals surface area contributed by atoms with Gasteiger partial charge in [-0.25, -0.2) is 9.59 Å². The zero-order valence-electron chi connectivity index (χ0n) is 13.1. The normalized spacial score (nSPS) is 10.7. The number of aromatic nitrogens is 2. The van der Waals surface area contributed by atoms with Gasteiger partial charge in [-0.1, -0.05) is 31.5 Å². The van der Waals surface area contributed by atoms with Crippen LogP contribution in [0.1, 0.15) is 35.8 Å². The van der Waals surface area contributed by atoms with Gasteiger partial charge in [0.1, 0.15) is 10.6 Å². The van der Waals surface area contributed by atoms with Crippen LogP contribution in [0.2, 0.25) is 5.02 Å². The summed E-state index contributed by atoms with van der Waals surface area (Å²) in [5.41, 5.74) is -0.385. The number of nitrogens with zero attached hydrogens (tertiary/aromatic N) is 2. The maximum atomic E-state index is 12.2. The fourth-order valence-corrected chi connectivity index (χ4v) is 2.43. The van der Waals surface area contributed by atoms with E-state index in [4.69, 9.17) is 16.3 Å². The molecule has 0 saturated carbocycles. The van der Waals surface area contributed by atoms with E-state index in [2.05, 4.69) is 9.97 Å². The van der Waals surface area contributed by atoms with Gasteiger partial charge in [-0.15, -0.1) is 0 Å². The molecule has 0 fully saturated rings. The standard InChI is InChI=1S/C15H14ClN3O5/c1-7(2)12-11(14(20)24-3)13(18-15(21)17-12)8-4-5-9(16)10(6-8)19(22)23/h4-7H,1-3H3,(H,17,18,21). The highest BCUT2D eigenvalue weighted by atomic mass is 35.5. The maximum absolute atomic E-state index is 12.2. The van der Waals surface area contributed by atoms with Crippen LogP contribution < -0.4 is 5.69 Å². The molecular weight excluding hydrogens is 338 g/mol. The summed E-state index contributed by atoms with van der Waals surface area (Å²) in [6, 6.07) is 3.93. The molecule has 0 aliphatic carbocycles. The zero-order valence-corrected chi connectivity index (χ0v) is 13.9. The summed E-state index contributed by atoms with van der Waals surface area (Å²) in [5, 5.41) is 11.0. The smallest absolute Gasteiger partial charge is 0.345 e. The minimum Gasteiger partial charge on any atom is -0.465 e. The quantitative estimate of drug-likeness (QED) is 0.514. The number of rotatable bonds is 4. The SMILES string of the molecule is COC(=O)c1c(-c2ccc(Cl)c([N+](=O)[O-])c2)nc(=O)[nH]c1C(C)C. The molecule has 0 atom stereocenters. The number of nitrogens with one attached hydrogen (secondary N) is 1. The minimum absolute atomic E-state index is 0.00840. The van der Waals surface area contributed by atoms with Gasteiger partial charge in [-0.2, -0.15) is 4.98 Å². The van der Waals surface area contributed by atoms with E-state index in [-0.39, 0.29) is 33.4 Å². The van der Waals surface area contributed by atoms with Crippen molar-refractivity contribution in [1.82, 2.24) is 9.97 Å². The Bertz CT molecular complexity index is 876. The lowest BCUT2D eigenvalue weighted by atomic mass is 9.98. The van der Waals surface area contributed by atoms with E-state index in [1.807, 2.05) is 0 Å². The Morgan fingerprint density at radius 2 is 2.08 bits per heavy atom. The molecule has 9 heteroatoms. The van der Waals surface area contributed by atoms with E-state index in [9.17, 15) is 19.7 Å². The van der Waals surface area contributed by atoms with E-state index in [1.54, 1.807) is 13.8 Å². The van der Waals surface area contributed by atoms with Crippen molar-refractivity contribution in [2.24, 2.45) is 0 Å². The molecule has 2 aromatic rings. The molecule has 0 spiro atoms. The highest BCUT2D eigenvalue weighted by molar-refractivity contribution is 6.32. The molecule has 0 unspecified atom stereocenters. The van der Waals surface area contributed by atoms with Crippen molar-refractivity contribution in [2.45, 2.75) is 19.8 Å². The number of nitro benzene ring substituents is 1. The van der Waals surface area contributed by atoms with Crippen LogP contribution in [0.3, 0.4) is 0 Å². The Labute approximate surface area is 141 Å². The number of esters is 1. The molecule has 0 amide bonds. The number of benzene rings is 1. The topological polar surface area (TPSA) is 115 Å². The third kappa shape index (κ3) is 3.28. The molecule has 8 nitrogen and oxygen atoms in total. The van der Waals surface area contributed by atoms with Crippen molar-refractivity contribution in [3.8, 4) is 11.3 Å². The molecule has 2 rings (SSSR count). The number of hydrogen-bond acceptors (Lipinski definition) is 6. The molecule has 0 radical (unpaired) electrons. The Morgan fingerprint density at radius 1 is 1.42 bits per heavy atom. The Balaban J connectivity index is 2.83. The van der Waals surface area contributed by atoms with Gasteiger partial charge in [0, 0.05) is 17.3 Å². The molecule has 0 aliphatic rings. The first-order valence-electron chi connectivity index (χ1n) is 6.93. The number of carbonyl (C=O) groups excluding carboxylic acids is 1. The van der Waals surface area contributed by atoms with E-state index in [1.165, 1.54) is 25.3 Å². The minimum atomic E-state index is -0.699. The number of H-pyrrole nitrogens is 1. The van der Waals surface area contributed by atoms with Gasteiger partial charge in [-0.05, 0) is 12.0 Å². The van der Waals surface area contributed by atoms with Crippen LogP contribution in [0.4, 0.5) is 5.69 Å². The highest BCUT2D eigenvalue weighted by Gasteiger charge is 2.24.